The second kappa shape index (κ2) is 4.54. The molecule has 1 aliphatic carbocycles. The van der Waals surface area contributed by atoms with Gasteiger partial charge in [-0.1, -0.05) is 6.92 Å². The molecule has 1 aromatic heterocycles. The number of amides is 1. The Morgan fingerprint density at radius 2 is 2.16 bits per heavy atom. The zero-order valence-corrected chi connectivity index (χ0v) is 11.6. The van der Waals surface area contributed by atoms with Crippen LogP contribution in [0.15, 0.2) is 0 Å². The molecular weight excluding hydrogens is 240 g/mol. The molecule has 1 saturated carbocycles. The van der Waals surface area contributed by atoms with E-state index in [9.17, 15) is 4.79 Å². The van der Waals surface area contributed by atoms with Crippen LogP contribution in [0.4, 0.5) is 5.69 Å². The van der Waals surface area contributed by atoms with Gasteiger partial charge in [-0.15, -0.1) is 0 Å². The van der Waals surface area contributed by atoms with Gasteiger partial charge >= 0.3 is 0 Å². The number of carbonyl (C=O) groups excluding carboxylic acids is 1. The van der Waals surface area contributed by atoms with Crippen LogP contribution >= 0.6 is 0 Å². The van der Waals surface area contributed by atoms with Crippen molar-refractivity contribution in [3.63, 3.8) is 0 Å². The van der Waals surface area contributed by atoms with Crippen LogP contribution in [0.3, 0.4) is 0 Å². The van der Waals surface area contributed by atoms with E-state index in [4.69, 9.17) is 5.73 Å². The van der Waals surface area contributed by atoms with Gasteiger partial charge in [0.1, 0.15) is 0 Å². The molecule has 1 saturated heterocycles. The van der Waals surface area contributed by atoms with Crippen LogP contribution in [-0.4, -0.2) is 33.1 Å². The van der Waals surface area contributed by atoms with Gasteiger partial charge in [0.25, 0.3) is 5.91 Å². The van der Waals surface area contributed by atoms with Crippen molar-refractivity contribution < 1.29 is 4.79 Å². The first-order valence-corrected chi connectivity index (χ1v) is 7.29. The molecule has 1 amide bonds. The Bertz CT molecular complexity index is 492. The Morgan fingerprint density at radius 3 is 2.79 bits per heavy atom. The summed E-state index contributed by atoms with van der Waals surface area (Å²) in [6, 6.07) is 0.626. The maximum atomic E-state index is 12.7. The van der Waals surface area contributed by atoms with Crippen molar-refractivity contribution in [2.75, 3.05) is 5.73 Å². The summed E-state index contributed by atoms with van der Waals surface area (Å²) in [5.74, 6) is 0.490. The fourth-order valence-electron chi connectivity index (χ4n) is 3.17. The number of likely N-dealkylation sites (tertiary alicyclic amines) is 1. The molecule has 2 unspecified atom stereocenters. The second-order valence-electron chi connectivity index (χ2n) is 5.87. The lowest BCUT2D eigenvalue weighted by atomic mass is 10.1. The SMILES string of the molecule is CCC1CCC(C)N1C(=O)c1n[nH]c(C2CC2)c1N. The van der Waals surface area contributed by atoms with Crippen LogP contribution < -0.4 is 5.73 Å². The van der Waals surface area contributed by atoms with E-state index in [1.165, 1.54) is 0 Å². The third-order valence-corrected chi connectivity index (χ3v) is 4.51. The van der Waals surface area contributed by atoms with Gasteiger partial charge in [-0.05, 0) is 39.0 Å². The molecule has 19 heavy (non-hydrogen) atoms. The van der Waals surface area contributed by atoms with Crippen molar-refractivity contribution in [3.05, 3.63) is 11.4 Å². The predicted octanol–water partition coefficient (Wildman–Crippen LogP) is 2.27. The highest BCUT2D eigenvalue weighted by molar-refractivity contribution is 5.98. The molecule has 2 aliphatic rings. The van der Waals surface area contributed by atoms with Crippen LogP contribution in [0.2, 0.25) is 0 Å². The number of hydrogen-bond acceptors (Lipinski definition) is 3. The molecule has 5 heteroatoms. The first-order chi connectivity index (χ1) is 9.13. The number of hydrogen-bond donors (Lipinski definition) is 2. The number of nitrogens with one attached hydrogen (secondary N) is 1. The minimum atomic E-state index is -0.00231. The van der Waals surface area contributed by atoms with E-state index in [0.717, 1.165) is 37.8 Å². The zero-order valence-electron chi connectivity index (χ0n) is 11.6. The van der Waals surface area contributed by atoms with Crippen molar-refractivity contribution in [2.45, 2.75) is 64.0 Å². The van der Waals surface area contributed by atoms with Crippen LogP contribution in [0, 0.1) is 0 Å². The smallest absolute Gasteiger partial charge is 0.277 e. The van der Waals surface area contributed by atoms with Gasteiger partial charge in [0.15, 0.2) is 5.69 Å². The molecular formula is C14H22N4O. The van der Waals surface area contributed by atoms with Gasteiger partial charge in [0.05, 0.1) is 11.4 Å². The molecule has 0 bridgehead atoms. The number of aromatic amines is 1. The number of anilines is 1. The predicted molar refractivity (Wildman–Crippen MR) is 73.9 cm³/mol. The maximum absolute atomic E-state index is 12.7. The first kappa shape index (κ1) is 12.5. The Balaban J connectivity index is 1.86. The molecule has 104 valence electrons. The molecule has 1 aromatic rings. The molecule has 0 radical (unpaired) electrons. The van der Waals surface area contributed by atoms with Crippen molar-refractivity contribution in [1.29, 1.82) is 0 Å². The third-order valence-electron chi connectivity index (χ3n) is 4.51. The summed E-state index contributed by atoms with van der Waals surface area (Å²) in [6.45, 7) is 4.24. The van der Waals surface area contributed by atoms with Crippen LogP contribution in [0.5, 0.6) is 0 Å². The monoisotopic (exact) mass is 262 g/mol. The molecule has 2 atom stereocenters. The number of nitrogens with two attached hydrogens (primary N) is 1. The fraction of sp³-hybridized carbons (Fsp3) is 0.714. The summed E-state index contributed by atoms with van der Waals surface area (Å²) >= 11 is 0. The average molecular weight is 262 g/mol. The Labute approximate surface area is 113 Å². The molecule has 3 rings (SSSR count). The maximum Gasteiger partial charge on any atom is 0.277 e. The molecule has 2 fully saturated rings. The van der Waals surface area contributed by atoms with E-state index < -0.39 is 0 Å². The van der Waals surface area contributed by atoms with Crippen molar-refractivity contribution in [2.24, 2.45) is 0 Å². The third kappa shape index (κ3) is 2.01. The summed E-state index contributed by atoms with van der Waals surface area (Å²) in [7, 11) is 0. The lowest BCUT2D eigenvalue weighted by Crippen LogP contribution is -2.40. The first-order valence-electron chi connectivity index (χ1n) is 7.29. The molecule has 2 heterocycles. The topological polar surface area (TPSA) is 75.0 Å². The summed E-state index contributed by atoms with van der Waals surface area (Å²) in [6.07, 6.45) is 5.46. The van der Waals surface area contributed by atoms with E-state index in [0.29, 0.717) is 23.3 Å². The largest absolute Gasteiger partial charge is 0.395 e. The lowest BCUT2D eigenvalue weighted by Gasteiger charge is -2.27. The highest BCUT2D eigenvalue weighted by atomic mass is 16.2. The van der Waals surface area contributed by atoms with E-state index >= 15 is 0 Å². The van der Waals surface area contributed by atoms with Crippen LogP contribution in [-0.2, 0) is 0 Å². The number of nitrogen functional groups attached to an aromatic ring is 1. The van der Waals surface area contributed by atoms with Crippen molar-refractivity contribution >= 4 is 11.6 Å². The van der Waals surface area contributed by atoms with E-state index in [1.807, 2.05) is 4.90 Å². The number of nitrogens with zero attached hydrogens (tertiary/aromatic N) is 2. The zero-order chi connectivity index (χ0) is 13.6. The number of aromatic nitrogens is 2. The Kier molecular flexibility index (Phi) is 2.99. The summed E-state index contributed by atoms with van der Waals surface area (Å²) in [5, 5.41) is 7.15. The molecule has 5 nitrogen and oxygen atoms in total. The summed E-state index contributed by atoms with van der Waals surface area (Å²) < 4.78 is 0. The van der Waals surface area contributed by atoms with Gasteiger partial charge in [-0.2, -0.15) is 5.10 Å². The second-order valence-corrected chi connectivity index (χ2v) is 5.87. The van der Waals surface area contributed by atoms with Crippen molar-refractivity contribution in [3.8, 4) is 0 Å². The Hall–Kier alpha value is -1.52. The standard InChI is InChI=1S/C14H22N4O/c1-3-10-7-4-8(2)18(10)14(19)13-11(15)12(16-17-13)9-5-6-9/h8-10H,3-7,15H2,1-2H3,(H,16,17). The highest BCUT2D eigenvalue weighted by Gasteiger charge is 2.37. The summed E-state index contributed by atoms with van der Waals surface area (Å²) in [4.78, 5) is 14.6. The quantitative estimate of drug-likeness (QED) is 0.877. The molecule has 0 aromatic carbocycles. The van der Waals surface area contributed by atoms with Gasteiger partial charge in [0.2, 0.25) is 0 Å². The minimum Gasteiger partial charge on any atom is -0.395 e. The molecule has 3 N–H and O–H groups in total. The normalized spacial score (nSPS) is 26.9. The summed E-state index contributed by atoms with van der Waals surface area (Å²) in [5.41, 5.74) is 8.06. The van der Waals surface area contributed by atoms with Gasteiger partial charge in [-0.3, -0.25) is 9.89 Å². The van der Waals surface area contributed by atoms with Crippen LogP contribution in [0.25, 0.3) is 0 Å². The molecule has 1 aliphatic heterocycles. The van der Waals surface area contributed by atoms with Crippen LogP contribution in [0.1, 0.15) is 68.1 Å². The van der Waals surface area contributed by atoms with E-state index in [-0.39, 0.29) is 11.9 Å². The average Bonchev–Trinajstić information content (AvgIpc) is 3.06. The number of H-pyrrole nitrogens is 1. The number of rotatable bonds is 3. The Morgan fingerprint density at radius 1 is 1.42 bits per heavy atom. The van der Waals surface area contributed by atoms with Gasteiger partial charge in [0, 0.05) is 18.0 Å². The van der Waals surface area contributed by atoms with Gasteiger partial charge < -0.3 is 10.6 Å². The molecule has 0 spiro atoms. The van der Waals surface area contributed by atoms with Crippen molar-refractivity contribution in [1.82, 2.24) is 15.1 Å². The number of carbonyl (C=O) groups is 1. The minimum absolute atomic E-state index is 0.00231. The van der Waals surface area contributed by atoms with E-state index in [2.05, 4.69) is 24.0 Å². The van der Waals surface area contributed by atoms with Gasteiger partial charge in [-0.25, -0.2) is 0 Å². The highest BCUT2D eigenvalue weighted by Crippen LogP contribution is 2.42. The lowest BCUT2D eigenvalue weighted by molar-refractivity contribution is 0.0671. The fourth-order valence-corrected chi connectivity index (χ4v) is 3.17. The van der Waals surface area contributed by atoms with E-state index in [1.54, 1.807) is 0 Å².